The molecule has 3 rings (SSSR count). The molecule has 2 atom stereocenters. The monoisotopic (exact) mass is 521 g/mol. The fourth-order valence-electron chi connectivity index (χ4n) is 4.95. The summed E-state index contributed by atoms with van der Waals surface area (Å²) in [5, 5.41) is 15.7. The molecule has 37 heavy (non-hydrogen) atoms. The van der Waals surface area contributed by atoms with Crippen LogP contribution in [-0.2, 0) is 14.4 Å². The number of hydrazine groups is 2. The summed E-state index contributed by atoms with van der Waals surface area (Å²) in [6.07, 6.45) is 6.37. The van der Waals surface area contributed by atoms with Gasteiger partial charge in [-0.25, -0.2) is 30.9 Å². The van der Waals surface area contributed by atoms with Gasteiger partial charge in [-0.15, -0.1) is 0 Å². The molecule has 2 aliphatic heterocycles. The third-order valence-electron chi connectivity index (χ3n) is 7.20. The second-order valence-electron chi connectivity index (χ2n) is 9.70. The lowest BCUT2D eigenvalue weighted by molar-refractivity contribution is -0.155. The molecule has 0 spiro atoms. The standard InChI is InChI=1S/C23H39N9O5/c1-3-17(14-27-29-22(36)26-13-15-6-8-16(9-7-15)20(34)25-2)28-21(35)18-5-4-11-31-19(33)10-12-30(24)23(37)32(18)31/h14-18H,3-13,24H2,1-2H3,(H,25,34)(H,28,35)(H2,26,29,36)/b27-14+. The van der Waals surface area contributed by atoms with Crippen LogP contribution >= 0.6 is 0 Å². The van der Waals surface area contributed by atoms with Gasteiger partial charge in [-0.2, -0.15) is 5.10 Å². The zero-order valence-corrected chi connectivity index (χ0v) is 21.6. The lowest BCUT2D eigenvalue weighted by Crippen LogP contribution is -2.64. The summed E-state index contributed by atoms with van der Waals surface area (Å²) in [6, 6.07) is -2.40. The number of carbonyl (C=O) groups excluding carboxylic acids is 5. The Kier molecular flexibility index (Phi) is 10.1. The zero-order chi connectivity index (χ0) is 26.9. The van der Waals surface area contributed by atoms with Crippen molar-refractivity contribution in [1.29, 1.82) is 0 Å². The Morgan fingerprint density at radius 2 is 1.84 bits per heavy atom. The first-order valence-electron chi connectivity index (χ1n) is 13.0. The molecule has 0 aromatic carbocycles. The van der Waals surface area contributed by atoms with Crippen LogP contribution in [0, 0.1) is 11.8 Å². The zero-order valence-electron chi connectivity index (χ0n) is 21.6. The van der Waals surface area contributed by atoms with E-state index in [2.05, 4.69) is 26.5 Å². The van der Waals surface area contributed by atoms with Gasteiger partial charge in [0.15, 0.2) is 0 Å². The number of nitrogens with zero attached hydrogens (tertiary/aromatic N) is 4. The molecule has 2 unspecified atom stereocenters. The number of fused-ring (bicyclic) bond motifs is 1. The smallest absolute Gasteiger partial charge is 0.353 e. The molecule has 14 nitrogen and oxygen atoms in total. The van der Waals surface area contributed by atoms with Gasteiger partial charge in [0.05, 0.1) is 6.04 Å². The average molecular weight is 522 g/mol. The minimum absolute atomic E-state index is 0.0461. The van der Waals surface area contributed by atoms with Crippen LogP contribution in [-0.4, -0.2) is 89.8 Å². The maximum absolute atomic E-state index is 13.1. The maximum Gasteiger partial charge on any atom is 0.353 e. The third kappa shape index (κ3) is 7.31. The number of hydrazone groups is 1. The fraction of sp³-hybridized carbons (Fsp3) is 0.739. The highest BCUT2D eigenvalue weighted by molar-refractivity contribution is 5.91. The van der Waals surface area contributed by atoms with E-state index in [4.69, 9.17) is 5.84 Å². The molecular weight excluding hydrogens is 482 g/mol. The lowest BCUT2D eigenvalue weighted by atomic mass is 9.81. The summed E-state index contributed by atoms with van der Waals surface area (Å²) >= 11 is 0. The molecule has 7 amide bonds. The third-order valence-corrected chi connectivity index (χ3v) is 7.20. The number of carbonyl (C=O) groups is 5. The predicted octanol–water partition coefficient (Wildman–Crippen LogP) is -0.374. The molecule has 1 aliphatic carbocycles. The van der Waals surface area contributed by atoms with Crippen LogP contribution in [0.5, 0.6) is 0 Å². The van der Waals surface area contributed by atoms with Crippen molar-refractivity contribution < 1.29 is 24.0 Å². The first-order valence-corrected chi connectivity index (χ1v) is 13.0. The van der Waals surface area contributed by atoms with Crippen molar-refractivity contribution in [2.45, 2.75) is 70.4 Å². The SMILES string of the molecule is CCC(/C=N/NC(=O)NCC1CCC(C(=O)NC)CC1)NC(=O)C1CCCN2C(=O)CCN(N)C(=O)N12. The van der Waals surface area contributed by atoms with Crippen molar-refractivity contribution in [3.63, 3.8) is 0 Å². The summed E-state index contributed by atoms with van der Waals surface area (Å²) < 4.78 is 0. The van der Waals surface area contributed by atoms with Crippen molar-refractivity contribution >= 4 is 36.0 Å². The highest BCUT2D eigenvalue weighted by Gasteiger charge is 2.43. The van der Waals surface area contributed by atoms with E-state index in [1.54, 1.807) is 7.05 Å². The quantitative estimate of drug-likeness (QED) is 0.126. The van der Waals surface area contributed by atoms with Crippen molar-refractivity contribution in [3.8, 4) is 0 Å². The summed E-state index contributed by atoms with van der Waals surface area (Å²) in [6.45, 7) is 2.79. The van der Waals surface area contributed by atoms with E-state index in [1.807, 2.05) is 6.92 Å². The second-order valence-corrected chi connectivity index (χ2v) is 9.70. The van der Waals surface area contributed by atoms with E-state index in [0.29, 0.717) is 38.3 Å². The number of hydrogen-bond acceptors (Lipinski definition) is 7. The topological polar surface area (TPSA) is 182 Å². The first kappa shape index (κ1) is 28.2. The number of hydrogen-bond donors (Lipinski definition) is 5. The highest BCUT2D eigenvalue weighted by Crippen LogP contribution is 2.28. The van der Waals surface area contributed by atoms with Gasteiger partial charge in [0.1, 0.15) is 6.04 Å². The normalized spacial score (nSPS) is 25.3. The van der Waals surface area contributed by atoms with Crippen LogP contribution in [0.4, 0.5) is 9.59 Å². The van der Waals surface area contributed by atoms with Crippen LogP contribution in [0.3, 0.4) is 0 Å². The predicted molar refractivity (Wildman–Crippen MR) is 134 cm³/mol. The molecule has 0 aromatic rings. The maximum atomic E-state index is 13.1. The van der Waals surface area contributed by atoms with Crippen LogP contribution < -0.4 is 27.2 Å². The van der Waals surface area contributed by atoms with Crippen LogP contribution in [0.15, 0.2) is 5.10 Å². The van der Waals surface area contributed by atoms with Crippen molar-refractivity contribution in [3.05, 3.63) is 0 Å². The lowest BCUT2D eigenvalue weighted by Gasteiger charge is -2.42. The van der Waals surface area contributed by atoms with Gasteiger partial charge in [-0.3, -0.25) is 19.4 Å². The van der Waals surface area contributed by atoms with E-state index in [-0.39, 0.29) is 30.7 Å². The molecule has 6 N–H and O–H groups in total. The number of nitrogens with one attached hydrogen (secondary N) is 4. The molecule has 0 aromatic heterocycles. The molecular formula is C23H39N9O5. The molecule has 2 heterocycles. The van der Waals surface area contributed by atoms with Gasteiger partial charge in [-0.1, -0.05) is 6.92 Å². The number of nitrogens with two attached hydrogens (primary N) is 1. The Balaban J connectivity index is 1.46. The largest absolute Gasteiger partial charge is 0.359 e. The highest BCUT2D eigenvalue weighted by atomic mass is 16.2. The molecule has 0 radical (unpaired) electrons. The number of rotatable bonds is 8. The van der Waals surface area contributed by atoms with Gasteiger partial charge in [0.2, 0.25) is 17.7 Å². The van der Waals surface area contributed by atoms with Gasteiger partial charge < -0.3 is 16.0 Å². The van der Waals surface area contributed by atoms with E-state index >= 15 is 0 Å². The number of urea groups is 2. The van der Waals surface area contributed by atoms with E-state index in [1.165, 1.54) is 11.2 Å². The van der Waals surface area contributed by atoms with Gasteiger partial charge in [0.25, 0.3) is 0 Å². The van der Waals surface area contributed by atoms with E-state index < -0.39 is 30.1 Å². The summed E-state index contributed by atoms with van der Waals surface area (Å²) in [5.41, 5.74) is 2.41. The number of amides is 7. The second kappa shape index (κ2) is 13.2. The Hall–Kier alpha value is -3.42. The first-order chi connectivity index (χ1) is 17.7. The fourth-order valence-corrected chi connectivity index (χ4v) is 4.95. The Bertz CT molecular complexity index is 890. The Morgan fingerprint density at radius 3 is 2.51 bits per heavy atom. The van der Waals surface area contributed by atoms with Crippen LogP contribution in [0.1, 0.15) is 58.3 Å². The van der Waals surface area contributed by atoms with Crippen molar-refractivity contribution in [1.82, 2.24) is 36.4 Å². The molecule has 3 fully saturated rings. The minimum Gasteiger partial charge on any atom is -0.359 e. The molecule has 1 saturated carbocycles. The molecule has 2 saturated heterocycles. The van der Waals surface area contributed by atoms with Gasteiger partial charge in [-0.05, 0) is 50.9 Å². The summed E-state index contributed by atoms with van der Waals surface area (Å²) in [5.74, 6) is 5.54. The van der Waals surface area contributed by atoms with Crippen molar-refractivity contribution in [2.24, 2.45) is 22.8 Å². The molecule has 14 heteroatoms. The Morgan fingerprint density at radius 1 is 1.11 bits per heavy atom. The molecule has 3 aliphatic rings. The summed E-state index contributed by atoms with van der Waals surface area (Å²) in [7, 11) is 1.64. The van der Waals surface area contributed by atoms with Crippen molar-refractivity contribution in [2.75, 3.05) is 26.7 Å². The minimum atomic E-state index is -0.869. The van der Waals surface area contributed by atoms with E-state index in [9.17, 15) is 24.0 Å². The molecule has 206 valence electrons. The van der Waals surface area contributed by atoms with Crippen LogP contribution in [0.2, 0.25) is 0 Å². The molecule has 0 bridgehead atoms. The Labute approximate surface area is 216 Å². The van der Waals surface area contributed by atoms with E-state index in [0.717, 1.165) is 35.7 Å². The average Bonchev–Trinajstić information content (AvgIpc) is 3.02. The van der Waals surface area contributed by atoms with Crippen LogP contribution in [0.25, 0.3) is 0 Å². The summed E-state index contributed by atoms with van der Waals surface area (Å²) in [4.78, 5) is 62.1. The van der Waals surface area contributed by atoms with Gasteiger partial charge >= 0.3 is 12.1 Å². The van der Waals surface area contributed by atoms with Gasteiger partial charge in [0, 0.05) is 45.2 Å².